The lowest BCUT2D eigenvalue weighted by Crippen LogP contribution is -2.36. The van der Waals surface area contributed by atoms with Crippen LogP contribution in [0.2, 0.25) is 0 Å². The number of amides is 3. The van der Waals surface area contributed by atoms with Gasteiger partial charge in [0.2, 0.25) is 5.91 Å². The average molecular weight is 488 g/mol. The number of ether oxygens (including phenoxy) is 1. The van der Waals surface area contributed by atoms with Gasteiger partial charge in [-0.05, 0) is 55.2 Å². The van der Waals surface area contributed by atoms with Crippen LogP contribution in [0.1, 0.15) is 52.0 Å². The van der Waals surface area contributed by atoms with Crippen molar-refractivity contribution in [1.29, 1.82) is 0 Å². The normalized spacial score (nSPS) is 26.3. The highest BCUT2D eigenvalue weighted by Crippen LogP contribution is 2.41. The molecule has 3 amide bonds. The minimum absolute atomic E-state index is 0.0372. The quantitative estimate of drug-likeness (QED) is 0.635. The highest BCUT2D eigenvalue weighted by Gasteiger charge is 2.41. The molecule has 4 atom stereocenters. The van der Waals surface area contributed by atoms with E-state index in [9.17, 15) is 14.4 Å². The van der Waals surface area contributed by atoms with Gasteiger partial charge in [-0.1, -0.05) is 36.4 Å². The van der Waals surface area contributed by atoms with Crippen molar-refractivity contribution >= 4 is 17.7 Å². The predicted octanol–water partition coefficient (Wildman–Crippen LogP) is 3.24. The van der Waals surface area contributed by atoms with Crippen LogP contribution in [0.25, 0.3) is 0 Å². The second-order valence-electron chi connectivity index (χ2n) is 9.96. The largest absolute Gasteiger partial charge is 0.375 e. The molecule has 5 rings (SSSR count). The smallest absolute Gasteiger partial charge is 0.254 e. The predicted molar refractivity (Wildman–Crippen MR) is 137 cm³/mol. The molecule has 2 heterocycles. The van der Waals surface area contributed by atoms with E-state index >= 15 is 0 Å². The van der Waals surface area contributed by atoms with Crippen molar-refractivity contribution < 1.29 is 19.1 Å². The number of methoxy groups -OCH3 is 1. The Morgan fingerprint density at radius 3 is 2.22 bits per heavy atom. The van der Waals surface area contributed by atoms with Crippen LogP contribution in [0.4, 0.5) is 0 Å². The number of rotatable bonds is 6. The zero-order valence-electron chi connectivity index (χ0n) is 20.9. The summed E-state index contributed by atoms with van der Waals surface area (Å²) in [5.74, 6) is 0.0714. The molecule has 188 valence electrons. The second kappa shape index (κ2) is 10.3. The van der Waals surface area contributed by atoms with E-state index in [0.29, 0.717) is 49.6 Å². The Morgan fingerprint density at radius 1 is 0.944 bits per heavy atom. The molecule has 1 N–H and O–H groups in total. The molecule has 0 aromatic heterocycles. The molecule has 2 aromatic rings. The fourth-order valence-corrected chi connectivity index (χ4v) is 5.36. The number of benzene rings is 2. The van der Waals surface area contributed by atoms with Gasteiger partial charge in [0.1, 0.15) is 0 Å². The third-order valence-corrected chi connectivity index (χ3v) is 7.69. The number of allylic oxidation sites excluding steroid dienone is 1. The first-order valence-electron chi connectivity index (χ1n) is 12.7. The van der Waals surface area contributed by atoms with Crippen LogP contribution in [0.15, 0.2) is 66.2 Å². The molecule has 36 heavy (non-hydrogen) atoms. The molecule has 0 bridgehead atoms. The van der Waals surface area contributed by atoms with Gasteiger partial charge < -0.3 is 19.9 Å². The minimum Gasteiger partial charge on any atom is -0.375 e. The number of nitrogens with zero attached hydrogens (tertiary/aromatic N) is 2. The van der Waals surface area contributed by atoms with Crippen molar-refractivity contribution in [3.8, 4) is 0 Å². The molecule has 0 unspecified atom stereocenters. The molecular weight excluding hydrogens is 454 g/mol. The lowest BCUT2D eigenvalue weighted by Gasteiger charge is -2.18. The van der Waals surface area contributed by atoms with Crippen LogP contribution in [-0.4, -0.2) is 73.0 Å². The summed E-state index contributed by atoms with van der Waals surface area (Å²) in [4.78, 5) is 42.3. The third kappa shape index (κ3) is 4.93. The molecule has 3 fully saturated rings. The van der Waals surface area contributed by atoms with Crippen molar-refractivity contribution in [2.75, 3.05) is 33.3 Å². The maximum atomic E-state index is 13.1. The molecular formula is C29H33N3O4. The van der Waals surface area contributed by atoms with Crippen molar-refractivity contribution in [2.45, 2.75) is 37.8 Å². The summed E-state index contributed by atoms with van der Waals surface area (Å²) in [7, 11) is 1.66. The van der Waals surface area contributed by atoms with Crippen LogP contribution in [-0.2, 0) is 9.53 Å². The van der Waals surface area contributed by atoms with Crippen molar-refractivity contribution in [3.05, 3.63) is 82.9 Å². The van der Waals surface area contributed by atoms with Gasteiger partial charge in [-0.3, -0.25) is 14.4 Å². The highest BCUT2D eigenvalue weighted by molar-refractivity contribution is 5.98. The molecule has 7 nitrogen and oxygen atoms in total. The highest BCUT2D eigenvalue weighted by atomic mass is 16.5. The number of hydrogen-bond donors (Lipinski definition) is 1. The Kier molecular flexibility index (Phi) is 6.92. The first kappa shape index (κ1) is 24.3. The van der Waals surface area contributed by atoms with Crippen LogP contribution < -0.4 is 5.32 Å². The van der Waals surface area contributed by atoms with Gasteiger partial charge in [0, 0.05) is 49.8 Å². The summed E-state index contributed by atoms with van der Waals surface area (Å²) in [5, 5.41) is 3.17. The SMILES string of the molecule is C/C=C1/CN(C(=O)c2ccc(C(=O)N3CC[C@H](C(=O)N[C@H]4C[C@@H]4c4ccccc4)C3)cc2)C[C@@H]1OC. The summed E-state index contributed by atoms with van der Waals surface area (Å²) in [5.41, 5.74) is 3.44. The summed E-state index contributed by atoms with van der Waals surface area (Å²) in [6.07, 6.45) is 3.57. The lowest BCUT2D eigenvalue weighted by atomic mass is 10.1. The molecule has 7 heteroatoms. The molecule has 1 aliphatic carbocycles. The van der Waals surface area contributed by atoms with Crippen molar-refractivity contribution in [1.82, 2.24) is 15.1 Å². The van der Waals surface area contributed by atoms with E-state index in [1.54, 1.807) is 41.2 Å². The number of carbonyl (C=O) groups is 3. The molecule has 3 aliphatic rings. The first-order chi connectivity index (χ1) is 17.5. The zero-order valence-corrected chi connectivity index (χ0v) is 20.9. The van der Waals surface area contributed by atoms with Crippen LogP contribution in [0.5, 0.6) is 0 Å². The van der Waals surface area contributed by atoms with Gasteiger partial charge in [0.25, 0.3) is 11.8 Å². The Balaban J connectivity index is 1.13. The fourth-order valence-electron chi connectivity index (χ4n) is 5.36. The average Bonchev–Trinajstić information content (AvgIpc) is 3.31. The standard InChI is InChI=1S/C29H33N3O4/c1-3-19-16-32(18-26(19)36-2)29(35)22-11-9-21(10-12-22)28(34)31-14-13-23(17-31)27(33)30-25-15-24(25)20-7-5-4-6-8-20/h3-12,23-26H,13-18H2,1-2H3,(H,30,33)/b19-3-/t23-,24+,25-,26-/m0/s1. The zero-order chi connectivity index (χ0) is 25.2. The van der Waals surface area contributed by atoms with Crippen LogP contribution >= 0.6 is 0 Å². The monoisotopic (exact) mass is 487 g/mol. The molecule has 2 saturated heterocycles. The summed E-state index contributed by atoms with van der Waals surface area (Å²) in [6.45, 7) is 4.02. The Labute approximate surface area is 212 Å². The van der Waals surface area contributed by atoms with E-state index in [2.05, 4.69) is 17.4 Å². The Hall–Kier alpha value is -3.45. The number of hydrogen-bond acceptors (Lipinski definition) is 4. The maximum Gasteiger partial charge on any atom is 0.254 e. The van der Waals surface area contributed by atoms with E-state index in [-0.39, 0.29) is 35.8 Å². The topological polar surface area (TPSA) is 79.0 Å². The second-order valence-corrected chi connectivity index (χ2v) is 9.96. The molecule has 1 saturated carbocycles. The van der Waals surface area contributed by atoms with E-state index < -0.39 is 0 Å². The van der Waals surface area contributed by atoms with Gasteiger partial charge in [-0.25, -0.2) is 0 Å². The van der Waals surface area contributed by atoms with Gasteiger partial charge in [-0.2, -0.15) is 0 Å². The van der Waals surface area contributed by atoms with Gasteiger partial charge in [0.05, 0.1) is 18.6 Å². The minimum atomic E-state index is -0.184. The molecule has 0 radical (unpaired) electrons. The summed E-state index contributed by atoms with van der Waals surface area (Å²) in [6, 6.07) is 17.3. The number of nitrogens with one attached hydrogen (secondary N) is 1. The van der Waals surface area contributed by atoms with E-state index in [4.69, 9.17) is 4.74 Å². The number of likely N-dealkylation sites (tertiary alicyclic amines) is 2. The molecule has 2 aliphatic heterocycles. The third-order valence-electron chi connectivity index (χ3n) is 7.69. The molecule has 2 aromatic carbocycles. The van der Waals surface area contributed by atoms with Crippen molar-refractivity contribution in [2.24, 2.45) is 5.92 Å². The summed E-state index contributed by atoms with van der Waals surface area (Å²) < 4.78 is 5.47. The van der Waals surface area contributed by atoms with Gasteiger partial charge in [-0.15, -0.1) is 0 Å². The maximum absolute atomic E-state index is 13.1. The number of carbonyl (C=O) groups excluding carboxylic acids is 3. The van der Waals surface area contributed by atoms with E-state index in [1.807, 2.05) is 31.2 Å². The Morgan fingerprint density at radius 2 is 1.61 bits per heavy atom. The lowest BCUT2D eigenvalue weighted by molar-refractivity contribution is -0.124. The summed E-state index contributed by atoms with van der Waals surface area (Å²) >= 11 is 0. The van der Waals surface area contributed by atoms with Crippen LogP contribution in [0.3, 0.4) is 0 Å². The van der Waals surface area contributed by atoms with Gasteiger partial charge in [0.15, 0.2) is 0 Å². The van der Waals surface area contributed by atoms with Gasteiger partial charge >= 0.3 is 0 Å². The first-order valence-corrected chi connectivity index (χ1v) is 12.7. The van der Waals surface area contributed by atoms with E-state index in [1.165, 1.54) is 5.56 Å². The van der Waals surface area contributed by atoms with Crippen molar-refractivity contribution in [3.63, 3.8) is 0 Å². The fraction of sp³-hybridized carbons (Fsp3) is 0.414. The van der Waals surface area contributed by atoms with E-state index in [0.717, 1.165) is 12.0 Å². The Bertz CT molecular complexity index is 1160. The van der Waals surface area contributed by atoms with Crippen LogP contribution in [0, 0.1) is 5.92 Å². The molecule has 0 spiro atoms.